The van der Waals surface area contributed by atoms with E-state index in [0.717, 1.165) is 29.4 Å². The van der Waals surface area contributed by atoms with E-state index in [9.17, 15) is 9.90 Å². The highest BCUT2D eigenvalue weighted by molar-refractivity contribution is 7.98. The van der Waals surface area contributed by atoms with Gasteiger partial charge in [0.05, 0.1) is 23.4 Å². The normalized spacial score (nSPS) is 17.3. The number of aryl methyl sites for hydroxylation is 1. The number of carbonyl (C=O) groups is 1. The SMILES string of the molecule is CSc1ccc(C(=O)Nc2cc(C)nc(NC(C)(C)CO)n2)c(N2CCC3(CC2)CC3)c1. The first-order valence-corrected chi connectivity index (χ1v) is 12.4. The van der Waals surface area contributed by atoms with Gasteiger partial charge in [-0.25, -0.2) is 4.98 Å². The van der Waals surface area contributed by atoms with Crippen molar-refractivity contribution in [1.29, 1.82) is 0 Å². The second kappa shape index (κ2) is 8.90. The van der Waals surface area contributed by atoms with Crippen molar-refractivity contribution in [1.82, 2.24) is 9.97 Å². The molecule has 1 aliphatic carbocycles. The topological polar surface area (TPSA) is 90.4 Å². The Bertz CT molecular complexity index is 996. The van der Waals surface area contributed by atoms with E-state index in [1.54, 1.807) is 17.8 Å². The Hall–Kier alpha value is -2.32. The first kappa shape index (κ1) is 22.9. The third kappa shape index (κ3) is 5.18. The minimum absolute atomic E-state index is 0.0612. The number of piperidine rings is 1. The van der Waals surface area contributed by atoms with Gasteiger partial charge in [0.15, 0.2) is 0 Å². The number of hydrogen-bond donors (Lipinski definition) is 3. The molecule has 1 aromatic carbocycles. The van der Waals surface area contributed by atoms with Crippen molar-refractivity contribution < 1.29 is 9.90 Å². The zero-order valence-electron chi connectivity index (χ0n) is 19.4. The van der Waals surface area contributed by atoms with Crippen molar-refractivity contribution in [3.63, 3.8) is 0 Å². The monoisotopic (exact) mass is 455 g/mol. The van der Waals surface area contributed by atoms with E-state index in [2.05, 4.69) is 37.8 Å². The van der Waals surface area contributed by atoms with Crippen molar-refractivity contribution in [3.05, 3.63) is 35.5 Å². The van der Waals surface area contributed by atoms with Crippen LogP contribution in [0.25, 0.3) is 0 Å². The van der Waals surface area contributed by atoms with E-state index in [4.69, 9.17) is 0 Å². The standard InChI is InChI=1S/C24H33N5O2S/c1-16-13-20(27-22(25-16)28-23(2,3)15-30)26-21(31)18-6-5-17(32-4)14-19(18)29-11-9-24(7-8-24)10-12-29/h5-6,13-14,30H,7-12,15H2,1-4H3,(H2,25,26,27,28,31). The average Bonchev–Trinajstić information content (AvgIpc) is 3.51. The Labute approximate surface area is 194 Å². The number of aromatic nitrogens is 2. The fourth-order valence-corrected chi connectivity index (χ4v) is 4.64. The number of rotatable bonds is 7. The fourth-order valence-electron chi connectivity index (χ4n) is 4.21. The van der Waals surface area contributed by atoms with Crippen LogP contribution in [0.15, 0.2) is 29.2 Å². The van der Waals surface area contributed by atoms with Crippen LogP contribution in [0.1, 0.15) is 55.6 Å². The van der Waals surface area contributed by atoms with Crippen molar-refractivity contribution in [2.24, 2.45) is 5.41 Å². The molecule has 2 aliphatic rings. The lowest BCUT2D eigenvalue weighted by molar-refractivity contribution is 0.102. The maximum atomic E-state index is 13.3. The van der Waals surface area contributed by atoms with Crippen molar-refractivity contribution in [3.8, 4) is 0 Å². The highest BCUT2D eigenvalue weighted by atomic mass is 32.2. The molecule has 0 radical (unpaired) electrons. The number of aliphatic hydroxyl groups is 1. The molecule has 0 unspecified atom stereocenters. The highest BCUT2D eigenvalue weighted by Crippen LogP contribution is 2.54. The summed E-state index contributed by atoms with van der Waals surface area (Å²) in [7, 11) is 0. The average molecular weight is 456 g/mol. The Morgan fingerprint density at radius 1 is 1.19 bits per heavy atom. The molecule has 172 valence electrons. The van der Waals surface area contributed by atoms with Gasteiger partial charge in [0.1, 0.15) is 5.82 Å². The number of aliphatic hydroxyl groups excluding tert-OH is 1. The molecule has 2 aromatic rings. The van der Waals surface area contributed by atoms with Crippen LogP contribution in [-0.4, -0.2) is 52.5 Å². The van der Waals surface area contributed by atoms with Crippen LogP contribution >= 0.6 is 11.8 Å². The largest absolute Gasteiger partial charge is 0.394 e. The van der Waals surface area contributed by atoms with Gasteiger partial charge in [-0.3, -0.25) is 4.79 Å². The molecule has 1 spiro atoms. The quantitative estimate of drug-likeness (QED) is 0.536. The van der Waals surface area contributed by atoms with Crippen LogP contribution in [0, 0.1) is 12.3 Å². The predicted molar refractivity (Wildman–Crippen MR) is 131 cm³/mol. The molecule has 4 rings (SSSR count). The van der Waals surface area contributed by atoms with Crippen LogP contribution in [0.3, 0.4) is 0 Å². The summed E-state index contributed by atoms with van der Waals surface area (Å²) in [6.45, 7) is 7.51. The van der Waals surface area contributed by atoms with Gasteiger partial charge in [0.2, 0.25) is 5.95 Å². The van der Waals surface area contributed by atoms with Gasteiger partial charge in [-0.2, -0.15) is 4.98 Å². The van der Waals surface area contributed by atoms with E-state index in [1.165, 1.54) is 25.7 Å². The molecule has 3 N–H and O–H groups in total. The second-order valence-electron chi connectivity index (χ2n) is 9.71. The molecule has 1 amide bonds. The third-order valence-corrected chi connectivity index (χ3v) is 7.24. The summed E-state index contributed by atoms with van der Waals surface area (Å²) in [6.07, 6.45) is 7.18. The van der Waals surface area contributed by atoms with Crippen LogP contribution in [0.5, 0.6) is 0 Å². The first-order chi connectivity index (χ1) is 15.2. The summed E-state index contributed by atoms with van der Waals surface area (Å²) >= 11 is 1.69. The van der Waals surface area contributed by atoms with E-state index in [-0.39, 0.29) is 12.5 Å². The zero-order valence-corrected chi connectivity index (χ0v) is 20.2. The molecule has 0 atom stereocenters. The number of hydrogen-bond acceptors (Lipinski definition) is 7. The molecule has 1 aliphatic heterocycles. The smallest absolute Gasteiger partial charge is 0.258 e. The van der Waals surface area contributed by atoms with Crippen molar-refractivity contribution in [2.45, 2.75) is 56.9 Å². The molecule has 1 saturated carbocycles. The van der Waals surface area contributed by atoms with Gasteiger partial charge < -0.3 is 20.6 Å². The third-order valence-electron chi connectivity index (χ3n) is 6.51. The summed E-state index contributed by atoms with van der Waals surface area (Å²) < 4.78 is 0. The fraction of sp³-hybridized carbons (Fsp3) is 0.542. The highest BCUT2D eigenvalue weighted by Gasteiger charge is 2.44. The van der Waals surface area contributed by atoms with Crippen molar-refractivity contribution in [2.75, 3.05) is 41.5 Å². The molecular weight excluding hydrogens is 422 g/mol. The molecule has 2 fully saturated rings. The summed E-state index contributed by atoms with van der Waals surface area (Å²) in [5.41, 5.74) is 2.41. The molecule has 7 nitrogen and oxygen atoms in total. The van der Waals surface area contributed by atoms with Gasteiger partial charge in [0, 0.05) is 29.7 Å². The van der Waals surface area contributed by atoms with Gasteiger partial charge in [0.25, 0.3) is 5.91 Å². The van der Waals surface area contributed by atoms with E-state index in [1.807, 2.05) is 32.9 Å². The number of carbonyl (C=O) groups excluding carboxylic acids is 1. The Balaban J connectivity index is 1.56. The lowest BCUT2D eigenvalue weighted by Crippen LogP contribution is -2.36. The van der Waals surface area contributed by atoms with Crippen LogP contribution in [0.2, 0.25) is 0 Å². The van der Waals surface area contributed by atoms with Crippen LogP contribution in [0.4, 0.5) is 17.5 Å². The molecule has 1 aromatic heterocycles. The molecular formula is C24H33N5O2S. The minimum atomic E-state index is -0.566. The van der Waals surface area contributed by atoms with Crippen LogP contribution in [-0.2, 0) is 0 Å². The van der Waals surface area contributed by atoms with Gasteiger partial charge in [-0.05, 0) is 76.3 Å². The number of nitrogens with one attached hydrogen (secondary N) is 2. The van der Waals surface area contributed by atoms with E-state index in [0.29, 0.717) is 22.7 Å². The maximum absolute atomic E-state index is 13.3. The van der Waals surface area contributed by atoms with Gasteiger partial charge >= 0.3 is 0 Å². The Morgan fingerprint density at radius 3 is 2.53 bits per heavy atom. The molecule has 1 saturated heterocycles. The minimum Gasteiger partial charge on any atom is -0.394 e. The number of benzene rings is 1. The summed E-state index contributed by atoms with van der Waals surface area (Å²) in [5, 5.41) is 15.6. The second-order valence-corrected chi connectivity index (χ2v) is 10.6. The lowest BCUT2D eigenvalue weighted by Gasteiger charge is -2.35. The number of thioether (sulfide) groups is 1. The molecule has 8 heteroatoms. The lowest BCUT2D eigenvalue weighted by atomic mass is 9.93. The molecule has 2 heterocycles. The predicted octanol–water partition coefficient (Wildman–Crippen LogP) is 4.32. The number of anilines is 3. The van der Waals surface area contributed by atoms with Crippen LogP contribution < -0.4 is 15.5 Å². The summed E-state index contributed by atoms with van der Waals surface area (Å²) in [5.74, 6) is 0.641. The van der Waals surface area contributed by atoms with Gasteiger partial charge in [-0.1, -0.05) is 0 Å². The number of nitrogens with zero attached hydrogens (tertiary/aromatic N) is 3. The first-order valence-electron chi connectivity index (χ1n) is 11.2. The zero-order chi connectivity index (χ0) is 22.9. The number of amides is 1. The molecule has 32 heavy (non-hydrogen) atoms. The summed E-state index contributed by atoms with van der Waals surface area (Å²) in [6, 6.07) is 7.80. The molecule has 0 bridgehead atoms. The Kier molecular flexibility index (Phi) is 6.36. The maximum Gasteiger partial charge on any atom is 0.258 e. The van der Waals surface area contributed by atoms with Crippen molar-refractivity contribution >= 4 is 35.1 Å². The van der Waals surface area contributed by atoms with E-state index >= 15 is 0 Å². The Morgan fingerprint density at radius 2 is 1.91 bits per heavy atom. The van der Waals surface area contributed by atoms with Gasteiger partial charge in [-0.15, -0.1) is 11.8 Å². The van der Waals surface area contributed by atoms with E-state index < -0.39 is 5.54 Å². The summed E-state index contributed by atoms with van der Waals surface area (Å²) in [4.78, 5) is 25.7.